The largest absolute Gasteiger partial charge is 0.339 e. The van der Waals surface area contributed by atoms with E-state index in [1.54, 1.807) is 0 Å². The highest BCUT2D eigenvalue weighted by atomic mass is 35.5. The van der Waals surface area contributed by atoms with E-state index in [0.717, 1.165) is 13.0 Å². The Balaban J connectivity index is 1.86. The van der Waals surface area contributed by atoms with Crippen molar-refractivity contribution in [1.82, 2.24) is 4.90 Å². The maximum Gasteiger partial charge on any atom is 0.223 e. The molecular weight excluding hydrogens is 258 g/mol. The molecule has 0 atom stereocenters. The van der Waals surface area contributed by atoms with Crippen molar-refractivity contribution < 1.29 is 4.79 Å². The minimum absolute atomic E-state index is 0.374. The van der Waals surface area contributed by atoms with Gasteiger partial charge in [0.25, 0.3) is 0 Å². The smallest absolute Gasteiger partial charge is 0.223 e. The van der Waals surface area contributed by atoms with Crippen LogP contribution in [0.15, 0.2) is 0 Å². The molecule has 19 heavy (non-hydrogen) atoms. The van der Waals surface area contributed by atoms with Gasteiger partial charge >= 0.3 is 0 Å². The van der Waals surface area contributed by atoms with Gasteiger partial charge in [0.2, 0.25) is 5.91 Å². The number of rotatable bonds is 5. The van der Waals surface area contributed by atoms with Crippen LogP contribution in [0.1, 0.15) is 70.6 Å². The van der Waals surface area contributed by atoms with Crippen LogP contribution in [0.3, 0.4) is 0 Å². The van der Waals surface area contributed by atoms with Gasteiger partial charge in [-0.25, -0.2) is 0 Å². The molecule has 2 nitrogen and oxygen atoms in total. The first-order chi connectivity index (χ1) is 9.31. The summed E-state index contributed by atoms with van der Waals surface area (Å²) in [6.07, 6.45) is 13.6. The van der Waals surface area contributed by atoms with Crippen LogP contribution in [0, 0.1) is 5.92 Å². The van der Waals surface area contributed by atoms with Crippen molar-refractivity contribution in [3.05, 3.63) is 0 Å². The van der Waals surface area contributed by atoms with E-state index in [0.29, 0.717) is 23.7 Å². The Labute approximate surface area is 122 Å². The van der Waals surface area contributed by atoms with Gasteiger partial charge in [0.15, 0.2) is 0 Å². The lowest BCUT2D eigenvalue weighted by molar-refractivity contribution is -0.134. The molecule has 2 aliphatic carbocycles. The molecular formula is C16H28ClNO. The Morgan fingerprint density at radius 3 is 2.11 bits per heavy atom. The maximum atomic E-state index is 12.6. The summed E-state index contributed by atoms with van der Waals surface area (Å²) in [7, 11) is 0. The lowest BCUT2D eigenvalue weighted by Gasteiger charge is -2.30. The van der Waals surface area contributed by atoms with Gasteiger partial charge in [0, 0.05) is 24.9 Å². The SMILES string of the molecule is O=C(CC1CCCCCC1)N(CCCl)C1CCCC1. The van der Waals surface area contributed by atoms with Crippen LogP contribution in [0.2, 0.25) is 0 Å². The number of hydrogen-bond donors (Lipinski definition) is 0. The lowest BCUT2D eigenvalue weighted by atomic mass is 9.95. The molecule has 110 valence electrons. The zero-order valence-corrected chi connectivity index (χ0v) is 12.8. The van der Waals surface area contributed by atoms with Crippen molar-refractivity contribution in [1.29, 1.82) is 0 Å². The van der Waals surface area contributed by atoms with Crippen LogP contribution in [-0.2, 0) is 4.79 Å². The summed E-state index contributed by atoms with van der Waals surface area (Å²) in [5, 5.41) is 0. The third-order valence-electron chi connectivity index (χ3n) is 4.85. The summed E-state index contributed by atoms with van der Waals surface area (Å²) in [5.74, 6) is 1.58. The van der Waals surface area contributed by atoms with Crippen molar-refractivity contribution >= 4 is 17.5 Å². The normalized spacial score (nSPS) is 22.4. The summed E-state index contributed by atoms with van der Waals surface area (Å²) < 4.78 is 0. The number of hydrogen-bond acceptors (Lipinski definition) is 1. The molecule has 0 bridgehead atoms. The quantitative estimate of drug-likeness (QED) is 0.543. The minimum Gasteiger partial charge on any atom is -0.339 e. The maximum absolute atomic E-state index is 12.6. The molecule has 0 N–H and O–H groups in total. The molecule has 2 rings (SSSR count). The van der Waals surface area contributed by atoms with Gasteiger partial charge in [0.05, 0.1) is 0 Å². The molecule has 1 amide bonds. The Morgan fingerprint density at radius 1 is 0.947 bits per heavy atom. The van der Waals surface area contributed by atoms with E-state index in [2.05, 4.69) is 4.90 Å². The first-order valence-corrected chi connectivity index (χ1v) is 8.70. The molecule has 0 aliphatic heterocycles. The highest BCUT2D eigenvalue weighted by molar-refractivity contribution is 6.18. The fraction of sp³-hybridized carbons (Fsp3) is 0.938. The van der Waals surface area contributed by atoms with Crippen molar-refractivity contribution in [2.24, 2.45) is 5.92 Å². The molecule has 0 unspecified atom stereocenters. The van der Waals surface area contributed by atoms with E-state index < -0.39 is 0 Å². The Morgan fingerprint density at radius 2 is 1.53 bits per heavy atom. The first-order valence-electron chi connectivity index (χ1n) is 8.16. The second kappa shape index (κ2) is 8.14. The van der Waals surface area contributed by atoms with E-state index in [1.165, 1.54) is 64.2 Å². The summed E-state index contributed by atoms with van der Waals surface area (Å²) >= 11 is 5.89. The molecule has 0 spiro atoms. The average molecular weight is 286 g/mol. The van der Waals surface area contributed by atoms with Gasteiger partial charge in [-0.3, -0.25) is 4.79 Å². The molecule has 3 heteroatoms. The fourth-order valence-corrected chi connectivity index (χ4v) is 3.93. The lowest BCUT2D eigenvalue weighted by Crippen LogP contribution is -2.40. The Bertz CT molecular complexity index is 268. The Hall–Kier alpha value is -0.240. The van der Waals surface area contributed by atoms with Gasteiger partial charge in [-0.1, -0.05) is 38.5 Å². The van der Waals surface area contributed by atoms with Crippen molar-refractivity contribution in [2.75, 3.05) is 12.4 Å². The third kappa shape index (κ3) is 4.66. The number of amides is 1. The van der Waals surface area contributed by atoms with Crippen LogP contribution >= 0.6 is 11.6 Å². The van der Waals surface area contributed by atoms with Gasteiger partial charge in [-0.15, -0.1) is 11.6 Å². The average Bonchev–Trinajstić information content (AvgIpc) is 2.81. The van der Waals surface area contributed by atoms with Gasteiger partial charge in [-0.05, 0) is 31.6 Å². The van der Waals surface area contributed by atoms with Crippen LogP contribution in [0.25, 0.3) is 0 Å². The number of carbonyl (C=O) groups is 1. The van der Waals surface area contributed by atoms with E-state index in [4.69, 9.17) is 11.6 Å². The standard InChI is InChI=1S/C16H28ClNO/c17-11-12-18(15-9-5-6-10-15)16(19)13-14-7-3-1-2-4-8-14/h14-15H,1-13H2. The molecule has 0 saturated heterocycles. The topological polar surface area (TPSA) is 20.3 Å². The van der Waals surface area contributed by atoms with Crippen LogP contribution in [0.5, 0.6) is 0 Å². The molecule has 0 aromatic heterocycles. The van der Waals surface area contributed by atoms with Crippen molar-refractivity contribution in [3.8, 4) is 0 Å². The molecule has 0 heterocycles. The fourth-order valence-electron chi connectivity index (χ4n) is 3.75. The van der Waals surface area contributed by atoms with Crippen LogP contribution < -0.4 is 0 Å². The van der Waals surface area contributed by atoms with E-state index in [1.807, 2.05) is 0 Å². The third-order valence-corrected chi connectivity index (χ3v) is 5.02. The van der Waals surface area contributed by atoms with Crippen LogP contribution in [0.4, 0.5) is 0 Å². The van der Waals surface area contributed by atoms with Gasteiger partial charge in [-0.2, -0.15) is 0 Å². The summed E-state index contributed by atoms with van der Waals surface area (Å²) in [6.45, 7) is 0.748. The molecule has 0 radical (unpaired) electrons. The number of nitrogens with zero attached hydrogens (tertiary/aromatic N) is 1. The van der Waals surface area contributed by atoms with E-state index >= 15 is 0 Å². The van der Waals surface area contributed by atoms with E-state index in [9.17, 15) is 4.79 Å². The summed E-state index contributed by atoms with van der Waals surface area (Å²) in [4.78, 5) is 14.7. The molecule has 2 aliphatic rings. The second-order valence-corrected chi connectivity index (χ2v) is 6.65. The highest BCUT2D eigenvalue weighted by Crippen LogP contribution is 2.28. The van der Waals surface area contributed by atoms with Crippen LogP contribution in [-0.4, -0.2) is 29.3 Å². The summed E-state index contributed by atoms with van der Waals surface area (Å²) in [6, 6.07) is 0.483. The van der Waals surface area contributed by atoms with Crippen molar-refractivity contribution in [3.63, 3.8) is 0 Å². The zero-order chi connectivity index (χ0) is 13.5. The highest BCUT2D eigenvalue weighted by Gasteiger charge is 2.27. The first kappa shape index (κ1) is 15.2. The monoisotopic (exact) mass is 285 g/mol. The molecule has 0 aromatic rings. The van der Waals surface area contributed by atoms with Gasteiger partial charge in [0.1, 0.15) is 0 Å². The zero-order valence-electron chi connectivity index (χ0n) is 12.1. The number of carbonyl (C=O) groups excluding carboxylic acids is 1. The van der Waals surface area contributed by atoms with Gasteiger partial charge < -0.3 is 4.90 Å². The predicted molar refractivity (Wildman–Crippen MR) is 80.5 cm³/mol. The predicted octanol–water partition coefficient (Wildman–Crippen LogP) is 4.36. The second-order valence-electron chi connectivity index (χ2n) is 6.28. The number of halogens is 1. The molecule has 2 saturated carbocycles. The molecule has 2 fully saturated rings. The minimum atomic E-state index is 0.374. The summed E-state index contributed by atoms with van der Waals surface area (Å²) in [5.41, 5.74) is 0. The van der Waals surface area contributed by atoms with Crippen molar-refractivity contribution in [2.45, 2.75) is 76.7 Å². The van der Waals surface area contributed by atoms with E-state index in [-0.39, 0.29) is 0 Å². The number of alkyl halides is 1. The Kier molecular flexibility index (Phi) is 6.49. The molecule has 0 aromatic carbocycles.